The number of hydrogen-bond donors (Lipinski definition) is 1. The third-order valence-corrected chi connectivity index (χ3v) is 3.61. The second-order valence-electron chi connectivity index (χ2n) is 4.62. The van der Waals surface area contributed by atoms with E-state index in [4.69, 9.17) is 16.0 Å². The molecule has 18 heavy (non-hydrogen) atoms. The van der Waals surface area contributed by atoms with Crippen molar-refractivity contribution in [3.8, 4) is 0 Å². The van der Waals surface area contributed by atoms with E-state index in [9.17, 15) is 0 Å². The highest BCUT2D eigenvalue weighted by Gasteiger charge is 2.16. The molecule has 96 valence electrons. The summed E-state index contributed by atoms with van der Waals surface area (Å²) in [6.07, 6.45) is 2.54. The van der Waals surface area contributed by atoms with Gasteiger partial charge in [-0.05, 0) is 56.1 Å². The fraction of sp³-hybridized carbons (Fsp3) is 0.333. The summed E-state index contributed by atoms with van der Waals surface area (Å²) >= 11 is 6.04. The zero-order valence-electron chi connectivity index (χ0n) is 11.0. The first kappa shape index (κ1) is 13.2. The fourth-order valence-corrected chi connectivity index (χ4v) is 2.41. The largest absolute Gasteiger partial charge is 0.453 e. The summed E-state index contributed by atoms with van der Waals surface area (Å²) in [6.45, 7) is 4.25. The molecule has 0 aliphatic carbocycles. The summed E-state index contributed by atoms with van der Waals surface area (Å²) in [6, 6.07) is 8.63. The van der Waals surface area contributed by atoms with Crippen LogP contribution >= 0.6 is 11.6 Å². The lowest BCUT2D eigenvalue weighted by atomic mass is 9.96. The Hall–Kier alpha value is -1.25. The molecule has 1 atom stereocenters. The molecular weight excluding hydrogens is 246 g/mol. The predicted molar refractivity (Wildman–Crippen MR) is 75.1 cm³/mol. The van der Waals surface area contributed by atoms with Gasteiger partial charge < -0.3 is 9.73 Å². The van der Waals surface area contributed by atoms with Crippen molar-refractivity contribution in [3.63, 3.8) is 0 Å². The number of rotatable bonds is 4. The zero-order chi connectivity index (χ0) is 13.1. The van der Waals surface area contributed by atoms with Crippen molar-refractivity contribution in [2.75, 3.05) is 7.05 Å². The SMILES string of the molecule is CNC(Cc1cc(C)ccc1C)c1ccoc1Cl. The summed E-state index contributed by atoms with van der Waals surface area (Å²) in [4.78, 5) is 0. The molecule has 0 bridgehead atoms. The first-order chi connectivity index (χ1) is 8.61. The minimum absolute atomic E-state index is 0.178. The Kier molecular flexibility index (Phi) is 4.10. The van der Waals surface area contributed by atoms with Crippen LogP contribution in [0.15, 0.2) is 34.9 Å². The first-order valence-electron chi connectivity index (χ1n) is 6.08. The quantitative estimate of drug-likeness (QED) is 0.900. The third kappa shape index (κ3) is 2.77. The summed E-state index contributed by atoms with van der Waals surface area (Å²) in [5.41, 5.74) is 4.94. The van der Waals surface area contributed by atoms with Crippen molar-refractivity contribution in [2.24, 2.45) is 0 Å². The van der Waals surface area contributed by atoms with Gasteiger partial charge in [0.2, 0.25) is 0 Å². The highest BCUT2D eigenvalue weighted by atomic mass is 35.5. The molecular formula is C15H18ClNO. The number of hydrogen-bond acceptors (Lipinski definition) is 2. The molecule has 0 saturated heterocycles. The average molecular weight is 264 g/mol. The second kappa shape index (κ2) is 5.59. The van der Waals surface area contributed by atoms with Crippen molar-refractivity contribution in [1.82, 2.24) is 5.32 Å². The van der Waals surface area contributed by atoms with Crippen molar-refractivity contribution in [1.29, 1.82) is 0 Å². The predicted octanol–water partition coefficient (Wildman–Crippen LogP) is 4.05. The van der Waals surface area contributed by atoms with E-state index < -0.39 is 0 Å². The molecule has 0 aliphatic heterocycles. The van der Waals surface area contributed by atoms with Crippen molar-refractivity contribution < 1.29 is 4.42 Å². The van der Waals surface area contributed by atoms with Gasteiger partial charge in [-0.15, -0.1) is 0 Å². The first-order valence-corrected chi connectivity index (χ1v) is 6.46. The third-order valence-electron chi connectivity index (χ3n) is 3.30. The van der Waals surface area contributed by atoms with Crippen LogP contribution in [-0.2, 0) is 6.42 Å². The molecule has 1 N–H and O–H groups in total. The standard InChI is InChI=1S/C15H18ClNO/c1-10-4-5-11(2)12(8-10)9-14(17-3)13-6-7-18-15(13)16/h4-8,14,17H,9H2,1-3H3. The molecule has 0 amide bonds. The number of nitrogens with one attached hydrogen (secondary N) is 1. The van der Waals surface area contributed by atoms with Gasteiger partial charge in [-0.1, -0.05) is 23.8 Å². The van der Waals surface area contributed by atoms with Crippen LogP contribution in [0.4, 0.5) is 0 Å². The van der Waals surface area contributed by atoms with Gasteiger partial charge in [-0.25, -0.2) is 0 Å². The van der Waals surface area contributed by atoms with E-state index in [1.807, 2.05) is 13.1 Å². The van der Waals surface area contributed by atoms with Crippen LogP contribution in [-0.4, -0.2) is 7.05 Å². The number of benzene rings is 1. The van der Waals surface area contributed by atoms with E-state index in [2.05, 4.69) is 37.4 Å². The van der Waals surface area contributed by atoms with Gasteiger partial charge in [0.25, 0.3) is 0 Å². The van der Waals surface area contributed by atoms with Crippen LogP contribution in [0.5, 0.6) is 0 Å². The van der Waals surface area contributed by atoms with Crippen LogP contribution in [0.1, 0.15) is 28.3 Å². The molecule has 0 aliphatic rings. The van der Waals surface area contributed by atoms with Crippen LogP contribution in [0.2, 0.25) is 5.22 Å². The lowest BCUT2D eigenvalue weighted by molar-refractivity contribution is 0.544. The van der Waals surface area contributed by atoms with E-state index in [0.29, 0.717) is 5.22 Å². The molecule has 3 heteroatoms. The number of furan rings is 1. The normalized spacial score (nSPS) is 12.7. The van der Waals surface area contributed by atoms with E-state index in [1.165, 1.54) is 16.7 Å². The molecule has 0 fully saturated rings. The monoisotopic (exact) mass is 263 g/mol. The lowest BCUT2D eigenvalue weighted by Crippen LogP contribution is -2.19. The number of likely N-dealkylation sites (N-methyl/N-ethyl adjacent to an activating group) is 1. The van der Waals surface area contributed by atoms with Gasteiger partial charge >= 0.3 is 0 Å². The molecule has 1 heterocycles. The van der Waals surface area contributed by atoms with E-state index in [-0.39, 0.29) is 6.04 Å². The molecule has 0 radical (unpaired) electrons. The van der Waals surface area contributed by atoms with E-state index >= 15 is 0 Å². The molecule has 2 rings (SSSR count). The fourth-order valence-electron chi connectivity index (χ4n) is 2.16. The van der Waals surface area contributed by atoms with Crippen molar-refractivity contribution in [2.45, 2.75) is 26.3 Å². The Morgan fingerprint density at radius 2 is 2.06 bits per heavy atom. The Labute approximate surface area is 113 Å². The summed E-state index contributed by atoms with van der Waals surface area (Å²) in [5.74, 6) is 0. The smallest absolute Gasteiger partial charge is 0.197 e. The summed E-state index contributed by atoms with van der Waals surface area (Å²) in [7, 11) is 1.94. The van der Waals surface area contributed by atoms with Crippen molar-refractivity contribution in [3.05, 3.63) is 58.0 Å². The maximum absolute atomic E-state index is 6.04. The Morgan fingerprint density at radius 1 is 1.28 bits per heavy atom. The maximum atomic E-state index is 6.04. The number of halogens is 1. The van der Waals surface area contributed by atoms with E-state index in [0.717, 1.165) is 12.0 Å². The molecule has 0 spiro atoms. The second-order valence-corrected chi connectivity index (χ2v) is 4.97. The molecule has 0 saturated carbocycles. The minimum Gasteiger partial charge on any atom is -0.453 e. The highest BCUT2D eigenvalue weighted by molar-refractivity contribution is 6.29. The van der Waals surface area contributed by atoms with E-state index in [1.54, 1.807) is 6.26 Å². The topological polar surface area (TPSA) is 25.2 Å². The molecule has 1 aromatic carbocycles. The summed E-state index contributed by atoms with van der Waals surface area (Å²) < 4.78 is 5.16. The Balaban J connectivity index is 2.26. The Morgan fingerprint density at radius 3 is 2.67 bits per heavy atom. The van der Waals surface area contributed by atoms with Crippen LogP contribution < -0.4 is 5.32 Å². The van der Waals surface area contributed by atoms with Gasteiger partial charge in [-0.2, -0.15) is 0 Å². The minimum atomic E-state index is 0.178. The number of aryl methyl sites for hydroxylation is 2. The van der Waals surface area contributed by atoms with Gasteiger partial charge in [0.15, 0.2) is 5.22 Å². The summed E-state index contributed by atoms with van der Waals surface area (Å²) in [5, 5.41) is 3.77. The molecule has 2 aromatic rings. The van der Waals surface area contributed by atoms with Gasteiger partial charge in [0, 0.05) is 11.6 Å². The molecule has 1 unspecified atom stereocenters. The van der Waals surface area contributed by atoms with Gasteiger partial charge in [0.1, 0.15) is 0 Å². The van der Waals surface area contributed by atoms with Gasteiger partial charge in [-0.3, -0.25) is 0 Å². The van der Waals surface area contributed by atoms with Crippen LogP contribution in [0.3, 0.4) is 0 Å². The van der Waals surface area contributed by atoms with Crippen molar-refractivity contribution >= 4 is 11.6 Å². The molecule has 2 nitrogen and oxygen atoms in total. The average Bonchev–Trinajstić information content (AvgIpc) is 2.77. The zero-order valence-corrected chi connectivity index (χ0v) is 11.7. The van der Waals surface area contributed by atoms with Crippen LogP contribution in [0, 0.1) is 13.8 Å². The lowest BCUT2D eigenvalue weighted by Gasteiger charge is -2.17. The highest BCUT2D eigenvalue weighted by Crippen LogP contribution is 2.27. The molecule has 1 aromatic heterocycles. The van der Waals surface area contributed by atoms with Gasteiger partial charge in [0.05, 0.1) is 6.26 Å². The van der Waals surface area contributed by atoms with Crippen LogP contribution in [0.25, 0.3) is 0 Å². The maximum Gasteiger partial charge on any atom is 0.197 e. The Bertz CT molecular complexity index is 533.